The molecule has 4 rings (SSSR count). The molecule has 170 valence electrons. The molecule has 30 heavy (non-hydrogen) atoms. The first-order valence-corrected chi connectivity index (χ1v) is 11.8. The summed E-state index contributed by atoms with van der Waals surface area (Å²) in [6.07, 6.45) is 8.84. The predicted molar refractivity (Wildman–Crippen MR) is 114 cm³/mol. The Bertz CT molecular complexity index is 710. The molecule has 0 aliphatic heterocycles. The molecular weight excluding hydrogens is 382 g/mol. The third-order valence-corrected chi connectivity index (χ3v) is 9.91. The van der Waals surface area contributed by atoms with Crippen molar-refractivity contribution in [3.8, 4) is 0 Å². The van der Waals surface area contributed by atoms with Crippen LogP contribution in [0.2, 0.25) is 0 Å². The van der Waals surface area contributed by atoms with Gasteiger partial charge in [0.1, 0.15) is 13.2 Å². The number of carbonyl (C=O) groups excluding carboxylic acids is 1. The van der Waals surface area contributed by atoms with E-state index in [-0.39, 0.29) is 41.3 Å². The quantitative estimate of drug-likeness (QED) is 0.411. The van der Waals surface area contributed by atoms with Gasteiger partial charge in [-0.25, -0.2) is 0 Å². The van der Waals surface area contributed by atoms with Crippen LogP contribution in [0.15, 0.2) is 5.16 Å². The van der Waals surface area contributed by atoms with E-state index < -0.39 is 5.60 Å². The van der Waals surface area contributed by atoms with Crippen LogP contribution in [0, 0.1) is 34.5 Å². The Morgan fingerprint density at radius 3 is 2.50 bits per heavy atom. The number of carbonyl (C=O) groups is 1. The summed E-state index contributed by atoms with van der Waals surface area (Å²) >= 11 is 0. The van der Waals surface area contributed by atoms with Gasteiger partial charge in [0, 0.05) is 18.3 Å². The van der Waals surface area contributed by atoms with Gasteiger partial charge < -0.3 is 19.8 Å². The van der Waals surface area contributed by atoms with Gasteiger partial charge in [0.2, 0.25) is 0 Å². The highest BCUT2D eigenvalue weighted by Crippen LogP contribution is 2.69. The van der Waals surface area contributed by atoms with Crippen molar-refractivity contribution in [3.63, 3.8) is 0 Å². The summed E-state index contributed by atoms with van der Waals surface area (Å²) in [4.78, 5) is 16.5. The number of rotatable bonds is 4. The Morgan fingerprint density at radius 1 is 1.07 bits per heavy atom. The maximum absolute atomic E-state index is 12.2. The maximum Gasteiger partial charge on any atom is 0.302 e. The summed E-state index contributed by atoms with van der Waals surface area (Å²) < 4.78 is 5.57. The van der Waals surface area contributed by atoms with Crippen molar-refractivity contribution in [2.75, 3.05) is 13.7 Å². The number of esters is 1. The molecule has 0 heterocycles. The minimum Gasteiger partial charge on any atom is -0.463 e. The number of hydrogen-bond donors (Lipinski definition) is 2. The molecule has 4 fully saturated rings. The van der Waals surface area contributed by atoms with Crippen molar-refractivity contribution in [3.05, 3.63) is 0 Å². The second-order valence-corrected chi connectivity index (χ2v) is 10.9. The van der Waals surface area contributed by atoms with Crippen molar-refractivity contribution in [1.82, 2.24) is 0 Å². The normalized spacial score (nSPS) is 48.3. The average molecular weight is 422 g/mol. The van der Waals surface area contributed by atoms with Gasteiger partial charge >= 0.3 is 5.97 Å². The molecule has 0 unspecified atom stereocenters. The topological polar surface area (TPSA) is 88.3 Å². The zero-order chi connectivity index (χ0) is 21.7. The summed E-state index contributed by atoms with van der Waals surface area (Å²) in [6, 6.07) is 0. The van der Waals surface area contributed by atoms with Crippen LogP contribution in [0.4, 0.5) is 0 Å². The lowest BCUT2D eigenvalue weighted by atomic mass is 9.43. The third kappa shape index (κ3) is 3.12. The zero-order valence-electron chi connectivity index (χ0n) is 19.0. The summed E-state index contributed by atoms with van der Waals surface area (Å²) in [5, 5.41) is 26.2. The molecule has 0 radical (unpaired) electrons. The molecule has 4 aliphatic carbocycles. The molecule has 6 heteroatoms. The Balaban J connectivity index is 1.58. The lowest BCUT2D eigenvalue weighted by Gasteiger charge is -2.63. The smallest absolute Gasteiger partial charge is 0.302 e. The van der Waals surface area contributed by atoms with Crippen molar-refractivity contribution in [1.29, 1.82) is 0 Å². The summed E-state index contributed by atoms with van der Waals surface area (Å²) in [7, 11) is 1.52. The Kier molecular flexibility index (Phi) is 5.72. The van der Waals surface area contributed by atoms with Crippen LogP contribution < -0.4 is 0 Å². The number of aliphatic hydroxyl groups is 2. The van der Waals surface area contributed by atoms with E-state index in [1.807, 2.05) is 0 Å². The van der Waals surface area contributed by atoms with E-state index in [1.54, 1.807) is 0 Å². The SMILES string of the molecule is CON=C(CO)[C@H]1CC[C@]2(O)[C@@H]3CC[C@@H]4C[C@@H](OC(C)=O)CC[C@]4(C)[C@H]3CC[C@]12C. The van der Waals surface area contributed by atoms with Gasteiger partial charge in [-0.3, -0.25) is 4.79 Å². The minimum absolute atomic E-state index is 0.0577. The van der Waals surface area contributed by atoms with Crippen LogP contribution in [0.3, 0.4) is 0 Å². The first kappa shape index (κ1) is 22.1. The highest BCUT2D eigenvalue weighted by Gasteiger charge is 2.67. The number of fused-ring (bicyclic) bond motifs is 5. The molecule has 8 atom stereocenters. The second kappa shape index (κ2) is 7.77. The molecule has 0 spiro atoms. The van der Waals surface area contributed by atoms with E-state index >= 15 is 0 Å². The molecule has 0 amide bonds. The second-order valence-electron chi connectivity index (χ2n) is 10.9. The molecule has 6 nitrogen and oxygen atoms in total. The number of nitrogens with zero attached hydrogens (tertiary/aromatic N) is 1. The predicted octanol–water partition coefficient (Wildman–Crippen LogP) is 3.69. The van der Waals surface area contributed by atoms with Gasteiger partial charge in [-0.1, -0.05) is 19.0 Å². The van der Waals surface area contributed by atoms with Crippen molar-refractivity contribution in [2.24, 2.45) is 39.7 Å². The molecule has 4 saturated carbocycles. The van der Waals surface area contributed by atoms with Crippen LogP contribution in [-0.4, -0.2) is 47.3 Å². The first-order valence-electron chi connectivity index (χ1n) is 11.8. The van der Waals surface area contributed by atoms with E-state index in [1.165, 1.54) is 14.0 Å². The van der Waals surface area contributed by atoms with E-state index in [2.05, 4.69) is 19.0 Å². The highest BCUT2D eigenvalue weighted by atomic mass is 16.6. The van der Waals surface area contributed by atoms with Crippen molar-refractivity contribution in [2.45, 2.75) is 90.3 Å². The van der Waals surface area contributed by atoms with Crippen LogP contribution in [0.1, 0.15) is 78.6 Å². The molecule has 0 aromatic carbocycles. The molecule has 0 saturated heterocycles. The maximum atomic E-state index is 12.2. The number of hydrogen-bond acceptors (Lipinski definition) is 6. The molecule has 0 bridgehead atoms. The fraction of sp³-hybridized carbons (Fsp3) is 0.917. The van der Waals surface area contributed by atoms with E-state index in [0.717, 1.165) is 57.8 Å². The fourth-order valence-electron chi connectivity index (χ4n) is 8.38. The number of oxime groups is 1. The first-order chi connectivity index (χ1) is 14.2. The Hall–Kier alpha value is -1.14. The van der Waals surface area contributed by atoms with E-state index in [4.69, 9.17) is 9.57 Å². The highest BCUT2D eigenvalue weighted by molar-refractivity contribution is 5.88. The summed E-state index contributed by atoms with van der Waals surface area (Å²) in [6.45, 7) is 6.04. The average Bonchev–Trinajstić information content (AvgIpc) is 2.97. The van der Waals surface area contributed by atoms with Crippen LogP contribution >= 0.6 is 0 Å². The summed E-state index contributed by atoms with van der Waals surface area (Å²) in [5.74, 6) is 1.25. The molecule has 4 aliphatic rings. The molecular formula is C24H39NO5. The monoisotopic (exact) mass is 421 g/mol. The van der Waals surface area contributed by atoms with E-state index in [0.29, 0.717) is 17.5 Å². The Labute approximate surface area is 180 Å². The third-order valence-electron chi connectivity index (χ3n) is 9.91. The van der Waals surface area contributed by atoms with Gasteiger partial charge in [0.25, 0.3) is 0 Å². The molecule has 0 aromatic rings. The minimum atomic E-state index is -0.717. The van der Waals surface area contributed by atoms with Gasteiger partial charge in [0.05, 0.1) is 17.9 Å². The Morgan fingerprint density at radius 2 is 1.83 bits per heavy atom. The summed E-state index contributed by atoms with van der Waals surface area (Å²) in [5.41, 5.74) is -0.108. The van der Waals surface area contributed by atoms with E-state index in [9.17, 15) is 15.0 Å². The standard InChI is InChI=1S/C24H39NO5/c1-15(27)30-17-7-10-22(2)16(13-17)5-6-19-18(22)8-11-23(3)20(9-12-24(19,23)28)21(14-26)25-29-4/h16-20,26,28H,5-14H2,1-4H3/t16-,17+,18+,19-,20-,22+,23-,24+/m1/s1. The van der Waals surface area contributed by atoms with Gasteiger partial charge in [-0.05, 0) is 81.0 Å². The lowest BCUT2D eigenvalue weighted by molar-refractivity contribution is -0.208. The zero-order valence-corrected chi connectivity index (χ0v) is 19.0. The number of aliphatic hydroxyl groups excluding tert-OH is 1. The van der Waals surface area contributed by atoms with Gasteiger partial charge in [-0.15, -0.1) is 0 Å². The van der Waals surface area contributed by atoms with Crippen LogP contribution in [-0.2, 0) is 14.4 Å². The van der Waals surface area contributed by atoms with Gasteiger partial charge in [0.15, 0.2) is 0 Å². The molecule has 0 aromatic heterocycles. The van der Waals surface area contributed by atoms with Crippen LogP contribution in [0.5, 0.6) is 0 Å². The van der Waals surface area contributed by atoms with Crippen molar-refractivity contribution >= 4 is 11.7 Å². The van der Waals surface area contributed by atoms with Crippen LogP contribution in [0.25, 0.3) is 0 Å². The molecule has 2 N–H and O–H groups in total. The van der Waals surface area contributed by atoms with Gasteiger partial charge in [-0.2, -0.15) is 0 Å². The largest absolute Gasteiger partial charge is 0.463 e. The fourth-order valence-corrected chi connectivity index (χ4v) is 8.38. The lowest BCUT2D eigenvalue weighted by Crippen LogP contribution is -2.62. The van der Waals surface area contributed by atoms with Crippen molar-refractivity contribution < 1.29 is 24.6 Å². The number of ether oxygens (including phenoxy) is 1.